The zero-order valence-electron chi connectivity index (χ0n) is 17.1. The van der Waals surface area contributed by atoms with Crippen LogP contribution in [0.3, 0.4) is 0 Å². The Kier molecular flexibility index (Phi) is 7.78. The highest BCUT2D eigenvalue weighted by Crippen LogP contribution is 2.27. The van der Waals surface area contributed by atoms with Crippen LogP contribution < -0.4 is 14.8 Å². The molecule has 156 valence electrons. The zero-order chi connectivity index (χ0) is 20.6. The van der Waals surface area contributed by atoms with E-state index in [2.05, 4.69) is 16.3 Å². The van der Waals surface area contributed by atoms with Crippen molar-refractivity contribution in [2.24, 2.45) is 5.92 Å². The smallest absolute Gasteiger partial charge is 0.224 e. The number of rotatable bonds is 8. The molecule has 0 aliphatic carbocycles. The SMILES string of the molecule is COc1ccc(CCNC(=O)[C@H]2CCCN(Cc3ccccc3Cl)C2)cc1OC. The predicted octanol–water partition coefficient (Wildman–Crippen LogP) is 3.93. The third-order valence-electron chi connectivity index (χ3n) is 5.39. The van der Waals surface area contributed by atoms with Gasteiger partial charge in [-0.15, -0.1) is 0 Å². The van der Waals surface area contributed by atoms with Crippen LogP contribution in [0.5, 0.6) is 11.5 Å². The van der Waals surface area contributed by atoms with E-state index >= 15 is 0 Å². The Bertz CT molecular complexity index is 828. The summed E-state index contributed by atoms with van der Waals surface area (Å²) >= 11 is 6.29. The molecule has 2 aromatic carbocycles. The summed E-state index contributed by atoms with van der Waals surface area (Å²) in [4.78, 5) is 15.0. The molecule has 3 rings (SSSR count). The Balaban J connectivity index is 1.48. The number of carbonyl (C=O) groups is 1. The van der Waals surface area contributed by atoms with Gasteiger partial charge >= 0.3 is 0 Å². The quantitative estimate of drug-likeness (QED) is 0.708. The molecule has 29 heavy (non-hydrogen) atoms. The first-order valence-electron chi connectivity index (χ1n) is 10.0. The third kappa shape index (κ3) is 5.87. The maximum atomic E-state index is 12.7. The van der Waals surface area contributed by atoms with Crippen molar-refractivity contribution >= 4 is 17.5 Å². The molecule has 1 saturated heterocycles. The highest BCUT2D eigenvalue weighted by atomic mass is 35.5. The maximum absolute atomic E-state index is 12.7. The van der Waals surface area contributed by atoms with Crippen LogP contribution in [-0.4, -0.2) is 44.7 Å². The van der Waals surface area contributed by atoms with Gasteiger partial charge in [0.15, 0.2) is 11.5 Å². The topological polar surface area (TPSA) is 50.8 Å². The minimum absolute atomic E-state index is 0.0247. The second-order valence-electron chi connectivity index (χ2n) is 7.40. The Morgan fingerprint density at radius 3 is 2.72 bits per heavy atom. The Morgan fingerprint density at radius 1 is 1.17 bits per heavy atom. The van der Waals surface area contributed by atoms with E-state index in [1.165, 1.54) is 0 Å². The zero-order valence-corrected chi connectivity index (χ0v) is 17.9. The molecular weight excluding hydrogens is 388 g/mol. The molecule has 1 atom stereocenters. The normalized spacial score (nSPS) is 17.0. The van der Waals surface area contributed by atoms with E-state index in [1.807, 2.05) is 36.4 Å². The van der Waals surface area contributed by atoms with E-state index in [1.54, 1.807) is 14.2 Å². The summed E-state index contributed by atoms with van der Waals surface area (Å²) in [7, 11) is 3.25. The van der Waals surface area contributed by atoms with Gasteiger partial charge in [0.1, 0.15) is 0 Å². The summed E-state index contributed by atoms with van der Waals surface area (Å²) in [5, 5.41) is 3.89. The van der Waals surface area contributed by atoms with Crippen molar-refractivity contribution in [1.29, 1.82) is 0 Å². The van der Waals surface area contributed by atoms with Crippen molar-refractivity contribution in [2.75, 3.05) is 33.9 Å². The van der Waals surface area contributed by atoms with Crippen LogP contribution in [0.1, 0.15) is 24.0 Å². The molecule has 1 fully saturated rings. The van der Waals surface area contributed by atoms with E-state index in [9.17, 15) is 4.79 Å². The fraction of sp³-hybridized carbons (Fsp3) is 0.435. The largest absolute Gasteiger partial charge is 0.493 e. The Labute approximate surface area is 177 Å². The van der Waals surface area contributed by atoms with Gasteiger partial charge in [-0.1, -0.05) is 35.9 Å². The number of benzene rings is 2. The first kappa shape index (κ1) is 21.5. The number of likely N-dealkylation sites (tertiary alicyclic amines) is 1. The van der Waals surface area contributed by atoms with Gasteiger partial charge in [0.25, 0.3) is 0 Å². The molecule has 0 radical (unpaired) electrons. The van der Waals surface area contributed by atoms with Crippen molar-refractivity contribution in [1.82, 2.24) is 10.2 Å². The molecule has 1 aliphatic rings. The second-order valence-corrected chi connectivity index (χ2v) is 7.80. The lowest BCUT2D eigenvalue weighted by Crippen LogP contribution is -2.43. The minimum Gasteiger partial charge on any atom is -0.493 e. The number of piperidine rings is 1. The number of hydrogen-bond acceptors (Lipinski definition) is 4. The van der Waals surface area contributed by atoms with Gasteiger partial charge in [0.05, 0.1) is 20.1 Å². The number of carbonyl (C=O) groups excluding carboxylic acids is 1. The van der Waals surface area contributed by atoms with Crippen molar-refractivity contribution in [2.45, 2.75) is 25.8 Å². The van der Waals surface area contributed by atoms with Crippen LogP contribution in [0.15, 0.2) is 42.5 Å². The highest BCUT2D eigenvalue weighted by Gasteiger charge is 2.25. The second kappa shape index (κ2) is 10.5. The predicted molar refractivity (Wildman–Crippen MR) is 116 cm³/mol. The van der Waals surface area contributed by atoms with Crippen molar-refractivity contribution in [3.63, 3.8) is 0 Å². The van der Waals surface area contributed by atoms with Crippen LogP contribution in [0.4, 0.5) is 0 Å². The molecule has 1 heterocycles. The lowest BCUT2D eigenvalue weighted by Gasteiger charge is -2.32. The summed E-state index contributed by atoms with van der Waals surface area (Å²) in [6.45, 7) is 3.17. The van der Waals surface area contributed by atoms with Crippen LogP contribution in [-0.2, 0) is 17.8 Å². The Hall–Kier alpha value is -2.24. The summed E-state index contributed by atoms with van der Waals surface area (Å²) < 4.78 is 10.6. The van der Waals surface area contributed by atoms with Crippen molar-refractivity contribution in [3.8, 4) is 11.5 Å². The van der Waals surface area contributed by atoms with Gasteiger partial charge in [-0.05, 0) is 55.1 Å². The average Bonchev–Trinajstić information content (AvgIpc) is 2.75. The van der Waals surface area contributed by atoms with Gasteiger partial charge in [0, 0.05) is 24.7 Å². The maximum Gasteiger partial charge on any atom is 0.224 e. The highest BCUT2D eigenvalue weighted by molar-refractivity contribution is 6.31. The molecule has 0 bridgehead atoms. The number of nitrogens with zero attached hydrogens (tertiary/aromatic N) is 1. The summed E-state index contributed by atoms with van der Waals surface area (Å²) in [5.41, 5.74) is 2.22. The molecule has 0 spiro atoms. The number of methoxy groups -OCH3 is 2. The lowest BCUT2D eigenvalue weighted by atomic mass is 9.96. The minimum atomic E-state index is 0.0247. The number of hydrogen-bond donors (Lipinski definition) is 1. The fourth-order valence-corrected chi connectivity index (χ4v) is 3.99. The molecule has 2 aromatic rings. The third-order valence-corrected chi connectivity index (χ3v) is 5.76. The van der Waals surface area contributed by atoms with Crippen LogP contribution in [0.2, 0.25) is 5.02 Å². The van der Waals surface area contributed by atoms with Gasteiger partial charge in [0.2, 0.25) is 5.91 Å². The van der Waals surface area contributed by atoms with Crippen LogP contribution >= 0.6 is 11.6 Å². The van der Waals surface area contributed by atoms with E-state index in [0.29, 0.717) is 18.0 Å². The van der Waals surface area contributed by atoms with E-state index < -0.39 is 0 Å². The van der Waals surface area contributed by atoms with E-state index in [4.69, 9.17) is 21.1 Å². The molecule has 5 nitrogen and oxygen atoms in total. The van der Waals surface area contributed by atoms with Gasteiger partial charge < -0.3 is 14.8 Å². The first-order chi connectivity index (χ1) is 14.1. The van der Waals surface area contributed by atoms with E-state index in [0.717, 1.165) is 55.0 Å². The van der Waals surface area contributed by atoms with Crippen molar-refractivity contribution in [3.05, 3.63) is 58.6 Å². The average molecular weight is 417 g/mol. The molecular formula is C23H29ClN2O3. The first-order valence-corrected chi connectivity index (χ1v) is 10.4. The number of amides is 1. The summed E-state index contributed by atoms with van der Waals surface area (Å²) in [6.07, 6.45) is 2.71. The van der Waals surface area contributed by atoms with Crippen molar-refractivity contribution < 1.29 is 14.3 Å². The number of nitrogens with one attached hydrogen (secondary N) is 1. The molecule has 0 saturated carbocycles. The van der Waals surface area contributed by atoms with Gasteiger partial charge in [-0.3, -0.25) is 9.69 Å². The molecule has 1 aliphatic heterocycles. The lowest BCUT2D eigenvalue weighted by molar-refractivity contribution is -0.126. The van der Waals surface area contributed by atoms with Crippen LogP contribution in [0, 0.1) is 5.92 Å². The monoisotopic (exact) mass is 416 g/mol. The summed E-state index contributed by atoms with van der Waals surface area (Å²) in [6, 6.07) is 13.8. The molecule has 1 amide bonds. The number of ether oxygens (including phenoxy) is 2. The molecule has 0 aromatic heterocycles. The molecule has 1 N–H and O–H groups in total. The fourth-order valence-electron chi connectivity index (χ4n) is 3.79. The summed E-state index contributed by atoms with van der Waals surface area (Å²) in [5.74, 6) is 1.57. The van der Waals surface area contributed by atoms with Gasteiger partial charge in [-0.2, -0.15) is 0 Å². The Morgan fingerprint density at radius 2 is 1.97 bits per heavy atom. The van der Waals surface area contributed by atoms with Gasteiger partial charge in [-0.25, -0.2) is 0 Å². The molecule has 6 heteroatoms. The standard InChI is InChI=1S/C23H29ClN2O3/c1-28-21-10-9-17(14-22(21)29-2)11-12-25-23(27)19-7-5-13-26(16-19)15-18-6-3-4-8-20(18)24/h3-4,6,8-10,14,19H,5,7,11-13,15-16H2,1-2H3,(H,25,27)/t19-/m0/s1. The number of halogens is 1. The van der Waals surface area contributed by atoms with Crippen LogP contribution in [0.25, 0.3) is 0 Å². The van der Waals surface area contributed by atoms with E-state index in [-0.39, 0.29) is 11.8 Å². The molecule has 0 unspecified atom stereocenters.